The summed E-state index contributed by atoms with van der Waals surface area (Å²) >= 11 is 1.64. The van der Waals surface area contributed by atoms with Crippen LogP contribution >= 0.6 is 11.3 Å². The highest BCUT2D eigenvalue weighted by atomic mass is 32.1. The van der Waals surface area contributed by atoms with Gasteiger partial charge < -0.3 is 4.90 Å². The van der Waals surface area contributed by atoms with E-state index in [1.807, 2.05) is 38.2 Å². The number of nitrogens with zero attached hydrogens (tertiary/aromatic N) is 4. The minimum absolute atomic E-state index is 0.586. The Morgan fingerprint density at radius 2 is 2.14 bits per heavy atom. The van der Waals surface area contributed by atoms with E-state index < -0.39 is 0 Å². The number of aromatic nitrogens is 2. The van der Waals surface area contributed by atoms with Gasteiger partial charge in [-0.15, -0.1) is 11.3 Å². The molecular formula is C16H14N4S. The van der Waals surface area contributed by atoms with Gasteiger partial charge in [0.15, 0.2) is 0 Å². The third-order valence-electron chi connectivity index (χ3n) is 3.31. The van der Waals surface area contributed by atoms with E-state index in [1.165, 1.54) is 0 Å². The number of anilines is 1. The zero-order valence-electron chi connectivity index (χ0n) is 11.9. The lowest BCUT2D eigenvalue weighted by Gasteiger charge is -2.21. The fourth-order valence-electron chi connectivity index (χ4n) is 2.42. The van der Waals surface area contributed by atoms with Gasteiger partial charge in [-0.1, -0.05) is 18.2 Å². The predicted octanol–water partition coefficient (Wildman–Crippen LogP) is 3.51. The minimum atomic E-state index is 0.586. The molecule has 5 heteroatoms. The first-order valence-corrected chi connectivity index (χ1v) is 7.47. The molecule has 0 unspecified atom stereocenters. The maximum Gasteiger partial charge on any atom is 0.103 e. The summed E-state index contributed by atoms with van der Waals surface area (Å²) < 4.78 is 0. The van der Waals surface area contributed by atoms with Crippen molar-refractivity contribution in [2.45, 2.75) is 13.5 Å². The Balaban J connectivity index is 2.07. The van der Waals surface area contributed by atoms with Crippen LogP contribution in [0.25, 0.3) is 10.9 Å². The topological polar surface area (TPSA) is 52.8 Å². The molecule has 2 heterocycles. The van der Waals surface area contributed by atoms with E-state index in [9.17, 15) is 5.26 Å². The van der Waals surface area contributed by atoms with Crippen LogP contribution in [0.15, 0.2) is 35.8 Å². The molecule has 0 saturated carbocycles. The molecule has 2 aromatic heterocycles. The number of pyridine rings is 1. The summed E-state index contributed by atoms with van der Waals surface area (Å²) in [5.41, 5.74) is 3.41. The first kappa shape index (κ1) is 13.5. The van der Waals surface area contributed by atoms with Crippen molar-refractivity contribution in [2.24, 2.45) is 0 Å². The van der Waals surface area contributed by atoms with Gasteiger partial charge in [-0.2, -0.15) is 5.26 Å². The van der Waals surface area contributed by atoms with Gasteiger partial charge in [-0.05, 0) is 13.0 Å². The van der Waals surface area contributed by atoms with Crippen LogP contribution in [-0.2, 0) is 6.54 Å². The Bertz CT molecular complexity index is 832. The summed E-state index contributed by atoms with van der Waals surface area (Å²) in [6.07, 6.45) is 1.64. The average Bonchev–Trinajstić information content (AvgIpc) is 2.90. The van der Waals surface area contributed by atoms with Gasteiger partial charge in [0, 0.05) is 24.0 Å². The molecule has 0 saturated heterocycles. The number of benzene rings is 1. The smallest absolute Gasteiger partial charge is 0.103 e. The summed E-state index contributed by atoms with van der Waals surface area (Å²) in [5.74, 6) is 0. The Hall–Kier alpha value is -2.45. The second-order valence-corrected chi connectivity index (χ2v) is 5.93. The molecule has 1 aromatic carbocycles. The highest BCUT2D eigenvalue weighted by Gasteiger charge is 2.14. The molecule has 21 heavy (non-hydrogen) atoms. The van der Waals surface area contributed by atoms with E-state index in [-0.39, 0.29) is 0 Å². The fourth-order valence-corrected chi connectivity index (χ4v) is 3.03. The van der Waals surface area contributed by atoms with Crippen molar-refractivity contribution >= 4 is 27.9 Å². The van der Waals surface area contributed by atoms with Gasteiger partial charge in [-0.25, -0.2) is 4.98 Å². The monoisotopic (exact) mass is 294 g/mol. The highest BCUT2D eigenvalue weighted by Crippen LogP contribution is 2.29. The van der Waals surface area contributed by atoms with Gasteiger partial charge in [0.25, 0.3) is 0 Å². The molecule has 0 aliphatic heterocycles. The molecular weight excluding hydrogens is 280 g/mol. The standard InChI is InChI=1S/C16H14N4S/c1-11-19-13(10-21-11)9-20(2)16-12(7-17)8-18-15-6-4-3-5-14(15)16/h3-6,8,10H,9H2,1-2H3. The molecule has 0 bridgehead atoms. The van der Waals surface area contributed by atoms with Crippen molar-refractivity contribution < 1.29 is 0 Å². The second kappa shape index (κ2) is 5.51. The summed E-state index contributed by atoms with van der Waals surface area (Å²) in [6.45, 7) is 2.67. The number of aryl methyl sites for hydroxylation is 1. The summed E-state index contributed by atoms with van der Waals surface area (Å²) in [6, 6.07) is 10.1. The minimum Gasteiger partial charge on any atom is -0.367 e. The van der Waals surface area contributed by atoms with E-state index in [2.05, 4.69) is 26.3 Å². The van der Waals surface area contributed by atoms with Gasteiger partial charge in [-0.3, -0.25) is 4.98 Å². The van der Waals surface area contributed by atoms with Crippen LogP contribution < -0.4 is 4.90 Å². The molecule has 3 rings (SSSR count). The zero-order chi connectivity index (χ0) is 14.8. The van der Waals surface area contributed by atoms with Crippen LogP contribution in [0, 0.1) is 18.3 Å². The van der Waals surface area contributed by atoms with Crippen LogP contribution in [0.5, 0.6) is 0 Å². The Morgan fingerprint density at radius 1 is 1.33 bits per heavy atom. The van der Waals surface area contributed by atoms with Crippen LogP contribution in [0.1, 0.15) is 16.3 Å². The number of fused-ring (bicyclic) bond motifs is 1. The maximum absolute atomic E-state index is 9.37. The van der Waals surface area contributed by atoms with E-state index in [0.717, 1.165) is 27.3 Å². The Labute approximate surface area is 127 Å². The van der Waals surface area contributed by atoms with Gasteiger partial charge in [0.2, 0.25) is 0 Å². The van der Waals surface area contributed by atoms with Gasteiger partial charge in [0.1, 0.15) is 6.07 Å². The normalized spacial score (nSPS) is 10.5. The SMILES string of the molecule is Cc1nc(CN(C)c2c(C#N)cnc3ccccc23)cs1. The van der Waals surface area contributed by atoms with Crippen LogP contribution in [0.2, 0.25) is 0 Å². The maximum atomic E-state index is 9.37. The predicted molar refractivity (Wildman–Crippen MR) is 85.4 cm³/mol. The molecule has 3 aromatic rings. The third-order valence-corrected chi connectivity index (χ3v) is 4.14. The molecule has 0 amide bonds. The Morgan fingerprint density at radius 3 is 2.86 bits per heavy atom. The zero-order valence-corrected chi connectivity index (χ0v) is 12.7. The molecule has 0 aliphatic carbocycles. The number of rotatable bonds is 3. The van der Waals surface area contributed by atoms with Crippen molar-refractivity contribution in [1.82, 2.24) is 9.97 Å². The van der Waals surface area contributed by atoms with Crippen molar-refractivity contribution in [3.8, 4) is 6.07 Å². The van der Waals surface area contributed by atoms with Crippen LogP contribution in [0.4, 0.5) is 5.69 Å². The van der Waals surface area contributed by atoms with E-state index in [1.54, 1.807) is 17.5 Å². The summed E-state index contributed by atoms with van der Waals surface area (Å²) in [4.78, 5) is 10.9. The lowest BCUT2D eigenvalue weighted by Crippen LogP contribution is -2.18. The molecule has 0 fully saturated rings. The van der Waals surface area contributed by atoms with Crippen LogP contribution in [0.3, 0.4) is 0 Å². The number of para-hydroxylation sites is 1. The largest absolute Gasteiger partial charge is 0.367 e. The van der Waals surface area contributed by atoms with Crippen molar-refractivity contribution in [3.63, 3.8) is 0 Å². The number of hydrogen-bond donors (Lipinski definition) is 0. The Kier molecular flexibility index (Phi) is 3.55. The summed E-state index contributed by atoms with van der Waals surface area (Å²) in [5, 5.41) is 13.5. The van der Waals surface area contributed by atoms with Crippen molar-refractivity contribution in [1.29, 1.82) is 5.26 Å². The molecule has 0 atom stereocenters. The summed E-state index contributed by atoms with van der Waals surface area (Å²) in [7, 11) is 1.98. The lowest BCUT2D eigenvalue weighted by molar-refractivity contribution is 0.891. The lowest BCUT2D eigenvalue weighted by atomic mass is 10.1. The first-order chi connectivity index (χ1) is 10.2. The molecule has 4 nitrogen and oxygen atoms in total. The van der Waals surface area contributed by atoms with Crippen LogP contribution in [-0.4, -0.2) is 17.0 Å². The molecule has 0 N–H and O–H groups in total. The quantitative estimate of drug-likeness (QED) is 0.742. The fraction of sp³-hybridized carbons (Fsp3) is 0.188. The van der Waals surface area contributed by atoms with E-state index >= 15 is 0 Å². The van der Waals surface area contributed by atoms with Gasteiger partial charge in [0.05, 0.1) is 34.0 Å². The average molecular weight is 294 g/mol. The molecule has 104 valence electrons. The number of hydrogen-bond acceptors (Lipinski definition) is 5. The molecule has 0 radical (unpaired) electrons. The van der Waals surface area contributed by atoms with Gasteiger partial charge >= 0.3 is 0 Å². The highest BCUT2D eigenvalue weighted by molar-refractivity contribution is 7.09. The van der Waals surface area contributed by atoms with E-state index in [4.69, 9.17) is 0 Å². The molecule has 0 aliphatic rings. The van der Waals surface area contributed by atoms with Crippen molar-refractivity contribution in [2.75, 3.05) is 11.9 Å². The first-order valence-electron chi connectivity index (χ1n) is 6.59. The number of thiazole rings is 1. The third kappa shape index (κ3) is 2.58. The second-order valence-electron chi connectivity index (χ2n) is 4.86. The molecule has 0 spiro atoms. The van der Waals surface area contributed by atoms with Crippen molar-refractivity contribution in [3.05, 3.63) is 52.1 Å². The number of nitriles is 1. The van der Waals surface area contributed by atoms with E-state index in [0.29, 0.717) is 12.1 Å².